The van der Waals surface area contributed by atoms with E-state index in [2.05, 4.69) is 11.8 Å². The lowest BCUT2D eigenvalue weighted by Crippen LogP contribution is -2.52. The van der Waals surface area contributed by atoms with Crippen LogP contribution >= 0.6 is 0 Å². The third-order valence-corrected chi connectivity index (χ3v) is 6.16. The molecule has 4 nitrogen and oxygen atoms in total. The van der Waals surface area contributed by atoms with Crippen molar-refractivity contribution in [2.45, 2.75) is 44.0 Å². The molecule has 1 heterocycles. The Morgan fingerprint density at radius 1 is 1.14 bits per heavy atom. The van der Waals surface area contributed by atoms with Crippen molar-refractivity contribution >= 4 is 10.0 Å². The average molecular weight is 310 g/mol. The van der Waals surface area contributed by atoms with E-state index in [1.54, 1.807) is 10.4 Å². The molecule has 1 saturated heterocycles. The lowest BCUT2D eigenvalue weighted by atomic mass is 9.87. The van der Waals surface area contributed by atoms with Crippen LogP contribution < -0.4 is 0 Å². The lowest BCUT2D eigenvalue weighted by Gasteiger charge is -2.37. The zero-order valence-electron chi connectivity index (χ0n) is 13.6. The quantitative estimate of drug-likeness (QED) is 0.841. The lowest BCUT2D eigenvalue weighted by molar-refractivity contribution is 0.159. The van der Waals surface area contributed by atoms with Gasteiger partial charge in [0.2, 0.25) is 10.0 Å². The summed E-state index contributed by atoms with van der Waals surface area (Å²) in [7, 11) is -1.39. The fraction of sp³-hybridized carbons (Fsp3) is 0.625. The summed E-state index contributed by atoms with van der Waals surface area (Å²) in [6.45, 7) is 10.1. The molecule has 0 N–H and O–H groups in total. The van der Waals surface area contributed by atoms with Gasteiger partial charge in [-0.2, -0.15) is 4.31 Å². The van der Waals surface area contributed by atoms with Gasteiger partial charge >= 0.3 is 0 Å². The van der Waals surface area contributed by atoms with Crippen molar-refractivity contribution < 1.29 is 8.42 Å². The number of piperazine rings is 1. The number of hydrogen-bond acceptors (Lipinski definition) is 3. The standard InChI is InChI=1S/C16H26N2O2S/c1-13-12-18(11-10-17(13)5)21(19,20)15-9-7-6-8-14(15)16(2,3)4/h6-9,13H,10-12H2,1-5H3. The summed E-state index contributed by atoms with van der Waals surface area (Å²) in [5.41, 5.74) is 0.693. The zero-order valence-corrected chi connectivity index (χ0v) is 14.4. The Hall–Kier alpha value is -0.910. The summed E-state index contributed by atoms with van der Waals surface area (Å²) in [6.07, 6.45) is 0. The molecular formula is C16H26N2O2S. The molecule has 1 aliphatic heterocycles. The van der Waals surface area contributed by atoms with Crippen LogP contribution in [0.4, 0.5) is 0 Å². The molecule has 1 aliphatic rings. The third kappa shape index (κ3) is 3.30. The van der Waals surface area contributed by atoms with E-state index in [4.69, 9.17) is 0 Å². The zero-order chi connectivity index (χ0) is 15.8. The number of likely N-dealkylation sites (N-methyl/N-ethyl adjacent to an activating group) is 1. The maximum atomic E-state index is 13.0. The Labute approximate surface area is 128 Å². The summed E-state index contributed by atoms with van der Waals surface area (Å²) < 4.78 is 27.7. The molecule has 0 saturated carbocycles. The van der Waals surface area contributed by atoms with Gasteiger partial charge in [0.25, 0.3) is 0 Å². The first-order chi connectivity index (χ1) is 9.64. The van der Waals surface area contributed by atoms with Gasteiger partial charge in [-0.1, -0.05) is 39.0 Å². The molecule has 5 heteroatoms. The summed E-state index contributed by atoms with van der Waals surface area (Å²) in [5, 5.41) is 0. The highest BCUT2D eigenvalue weighted by Gasteiger charge is 2.33. The molecule has 21 heavy (non-hydrogen) atoms. The molecule has 0 radical (unpaired) electrons. The van der Waals surface area contributed by atoms with Crippen LogP contribution in [0.5, 0.6) is 0 Å². The van der Waals surface area contributed by atoms with Gasteiger partial charge in [0.15, 0.2) is 0 Å². The summed E-state index contributed by atoms with van der Waals surface area (Å²) >= 11 is 0. The van der Waals surface area contributed by atoms with E-state index in [9.17, 15) is 8.42 Å². The summed E-state index contributed by atoms with van der Waals surface area (Å²) in [6, 6.07) is 7.62. The van der Waals surface area contributed by atoms with Gasteiger partial charge in [-0.3, -0.25) is 0 Å². The first kappa shape index (κ1) is 16.5. The topological polar surface area (TPSA) is 40.6 Å². The van der Waals surface area contributed by atoms with E-state index < -0.39 is 10.0 Å². The number of nitrogens with zero attached hydrogens (tertiary/aromatic N) is 2. The summed E-state index contributed by atoms with van der Waals surface area (Å²) in [5.74, 6) is 0. The molecule has 118 valence electrons. The Bertz CT molecular complexity index is 605. The second-order valence-electron chi connectivity index (χ2n) is 6.94. The molecule has 2 rings (SSSR count). The van der Waals surface area contributed by atoms with Gasteiger partial charge in [0.1, 0.15) is 0 Å². The van der Waals surface area contributed by atoms with Crippen LogP contribution in [-0.4, -0.2) is 50.3 Å². The average Bonchev–Trinajstić information content (AvgIpc) is 2.41. The van der Waals surface area contributed by atoms with E-state index in [-0.39, 0.29) is 11.5 Å². The van der Waals surface area contributed by atoms with Crippen molar-refractivity contribution in [3.8, 4) is 0 Å². The maximum Gasteiger partial charge on any atom is 0.243 e. The van der Waals surface area contributed by atoms with Crippen molar-refractivity contribution in [3.05, 3.63) is 29.8 Å². The van der Waals surface area contributed by atoms with Gasteiger partial charge in [0.05, 0.1) is 4.90 Å². The Balaban J connectivity index is 2.42. The normalized spacial score (nSPS) is 22.4. The van der Waals surface area contributed by atoms with Crippen molar-refractivity contribution in [2.75, 3.05) is 26.7 Å². The molecule has 1 unspecified atom stereocenters. The SMILES string of the molecule is CC1CN(S(=O)(=O)c2ccccc2C(C)(C)C)CCN1C. The van der Waals surface area contributed by atoms with Gasteiger partial charge in [-0.15, -0.1) is 0 Å². The van der Waals surface area contributed by atoms with Crippen LogP contribution in [0.3, 0.4) is 0 Å². The van der Waals surface area contributed by atoms with Gasteiger partial charge in [-0.05, 0) is 31.0 Å². The van der Waals surface area contributed by atoms with E-state index >= 15 is 0 Å². The minimum atomic E-state index is -3.43. The largest absolute Gasteiger partial charge is 0.301 e. The predicted molar refractivity (Wildman–Crippen MR) is 86.0 cm³/mol. The van der Waals surface area contributed by atoms with Crippen molar-refractivity contribution in [1.29, 1.82) is 0 Å². The van der Waals surface area contributed by atoms with Crippen LogP contribution in [0, 0.1) is 0 Å². The Morgan fingerprint density at radius 3 is 2.33 bits per heavy atom. The van der Waals surface area contributed by atoms with Gasteiger partial charge < -0.3 is 4.90 Å². The summed E-state index contributed by atoms with van der Waals surface area (Å²) in [4.78, 5) is 2.65. The minimum absolute atomic E-state index is 0.193. The molecule has 0 spiro atoms. The van der Waals surface area contributed by atoms with Crippen LogP contribution in [0.15, 0.2) is 29.2 Å². The second kappa shape index (κ2) is 5.71. The van der Waals surface area contributed by atoms with Gasteiger partial charge in [-0.25, -0.2) is 8.42 Å². The van der Waals surface area contributed by atoms with E-state index in [1.165, 1.54) is 0 Å². The van der Waals surface area contributed by atoms with E-state index in [0.29, 0.717) is 18.0 Å². The van der Waals surface area contributed by atoms with Crippen LogP contribution in [0.1, 0.15) is 33.3 Å². The number of benzene rings is 1. The van der Waals surface area contributed by atoms with Crippen molar-refractivity contribution in [3.63, 3.8) is 0 Å². The second-order valence-corrected chi connectivity index (χ2v) is 8.85. The highest BCUT2D eigenvalue weighted by molar-refractivity contribution is 7.89. The van der Waals surface area contributed by atoms with Crippen LogP contribution in [0.2, 0.25) is 0 Å². The molecule has 0 bridgehead atoms. The Kier molecular flexibility index (Phi) is 4.47. The van der Waals surface area contributed by atoms with Crippen LogP contribution in [-0.2, 0) is 15.4 Å². The van der Waals surface area contributed by atoms with Crippen LogP contribution in [0.25, 0.3) is 0 Å². The van der Waals surface area contributed by atoms with E-state index in [0.717, 1.165) is 12.1 Å². The fourth-order valence-corrected chi connectivity index (χ4v) is 4.60. The highest BCUT2D eigenvalue weighted by Crippen LogP contribution is 2.31. The number of hydrogen-bond donors (Lipinski definition) is 0. The molecule has 1 fully saturated rings. The monoisotopic (exact) mass is 310 g/mol. The molecule has 0 aromatic heterocycles. The smallest absolute Gasteiger partial charge is 0.243 e. The number of sulfonamides is 1. The predicted octanol–water partition coefficient (Wildman–Crippen LogP) is 2.31. The first-order valence-corrected chi connectivity index (χ1v) is 8.88. The fourth-order valence-electron chi connectivity index (χ4n) is 2.68. The number of rotatable bonds is 2. The maximum absolute atomic E-state index is 13.0. The highest BCUT2D eigenvalue weighted by atomic mass is 32.2. The van der Waals surface area contributed by atoms with Gasteiger partial charge in [0, 0.05) is 25.7 Å². The Morgan fingerprint density at radius 2 is 1.76 bits per heavy atom. The minimum Gasteiger partial charge on any atom is -0.301 e. The van der Waals surface area contributed by atoms with Crippen molar-refractivity contribution in [1.82, 2.24) is 9.21 Å². The first-order valence-electron chi connectivity index (χ1n) is 7.44. The molecular weight excluding hydrogens is 284 g/mol. The van der Waals surface area contributed by atoms with Crippen molar-refractivity contribution in [2.24, 2.45) is 0 Å². The molecule has 1 aromatic carbocycles. The third-order valence-electron chi connectivity index (χ3n) is 4.24. The molecule has 0 aliphatic carbocycles. The molecule has 1 aromatic rings. The molecule has 1 atom stereocenters. The molecule has 0 amide bonds. The van der Waals surface area contributed by atoms with E-state index in [1.807, 2.05) is 46.0 Å².